The standard InChI is InChI=1S/C14H27NO3S/c1-5-8-15-14(13(17)18-4)7-6-12(9-14)19-11(3)10(2)16/h10-12,15-16H,5-9H2,1-4H3. The van der Waals surface area contributed by atoms with Gasteiger partial charge in [0.25, 0.3) is 0 Å². The van der Waals surface area contributed by atoms with E-state index in [1.807, 2.05) is 13.8 Å². The van der Waals surface area contributed by atoms with E-state index in [-0.39, 0.29) is 17.3 Å². The van der Waals surface area contributed by atoms with Gasteiger partial charge in [-0.3, -0.25) is 4.79 Å². The molecular weight excluding hydrogens is 262 g/mol. The van der Waals surface area contributed by atoms with Crippen molar-refractivity contribution in [2.45, 2.75) is 68.6 Å². The fraction of sp³-hybridized carbons (Fsp3) is 0.929. The molecule has 1 fully saturated rings. The van der Waals surface area contributed by atoms with Crippen LogP contribution in [-0.2, 0) is 9.53 Å². The molecule has 0 aromatic rings. The second-order valence-corrected chi connectivity index (χ2v) is 7.13. The molecule has 2 N–H and O–H groups in total. The molecule has 4 unspecified atom stereocenters. The first-order valence-corrected chi connectivity index (χ1v) is 8.06. The summed E-state index contributed by atoms with van der Waals surface area (Å²) in [5.41, 5.74) is -0.513. The zero-order chi connectivity index (χ0) is 14.5. The molecule has 0 aliphatic heterocycles. The normalized spacial score (nSPS) is 30.1. The summed E-state index contributed by atoms with van der Waals surface area (Å²) in [7, 11) is 1.45. The number of carbonyl (C=O) groups excluding carboxylic acids is 1. The van der Waals surface area contributed by atoms with Gasteiger partial charge in [-0.15, -0.1) is 0 Å². The van der Waals surface area contributed by atoms with Crippen LogP contribution >= 0.6 is 11.8 Å². The van der Waals surface area contributed by atoms with Gasteiger partial charge in [-0.2, -0.15) is 11.8 Å². The molecule has 0 aromatic carbocycles. The van der Waals surface area contributed by atoms with E-state index in [1.165, 1.54) is 7.11 Å². The molecule has 1 rings (SSSR count). The number of hydrogen-bond donors (Lipinski definition) is 2. The maximum Gasteiger partial charge on any atom is 0.326 e. The Kier molecular flexibility index (Phi) is 6.63. The Morgan fingerprint density at radius 2 is 2.26 bits per heavy atom. The van der Waals surface area contributed by atoms with E-state index in [9.17, 15) is 9.90 Å². The van der Waals surface area contributed by atoms with E-state index in [4.69, 9.17) is 4.74 Å². The molecule has 4 nitrogen and oxygen atoms in total. The van der Waals surface area contributed by atoms with Crippen LogP contribution in [-0.4, -0.2) is 46.9 Å². The van der Waals surface area contributed by atoms with Crippen LogP contribution in [0, 0.1) is 0 Å². The van der Waals surface area contributed by atoms with Crippen molar-refractivity contribution in [3.05, 3.63) is 0 Å². The molecule has 0 aromatic heterocycles. The van der Waals surface area contributed by atoms with E-state index in [0.29, 0.717) is 5.25 Å². The van der Waals surface area contributed by atoms with Gasteiger partial charge in [0.05, 0.1) is 13.2 Å². The Hall–Kier alpha value is -0.260. The van der Waals surface area contributed by atoms with Crippen LogP contribution in [0.15, 0.2) is 0 Å². The molecule has 1 saturated carbocycles. The minimum absolute atomic E-state index is 0.145. The Morgan fingerprint density at radius 1 is 1.58 bits per heavy atom. The molecule has 19 heavy (non-hydrogen) atoms. The van der Waals surface area contributed by atoms with Crippen molar-refractivity contribution < 1.29 is 14.6 Å². The number of aliphatic hydroxyl groups is 1. The summed E-state index contributed by atoms with van der Waals surface area (Å²) in [6, 6.07) is 0. The number of nitrogens with one attached hydrogen (secondary N) is 1. The van der Waals surface area contributed by atoms with Crippen molar-refractivity contribution in [3.63, 3.8) is 0 Å². The van der Waals surface area contributed by atoms with Crippen LogP contribution in [0.5, 0.6) is 0 Å². The number of rotatable bonds is 7. The molecule has 1 aliphatic carbocycles. The fourth-order valence-corrected chi connectivity index (χ4v) is 3.98. The van der Waals surface area contributed by atoms with Crippen LogP contribution < -0.4 is 5.32 Å². The van der Waals surface area contributed by atoms with Crippen LogP contribution in [0.2, 0.25) is 0 Å². The Labute approximate surface area is 120 Å². The number of ether oxygens (including phenoxy) is 1. The van der Waals surface area contributed by atoms with Gasteiger partial charge in [-0.1, -0.05) is 13.8 Å². The monoisotopic (exact) mass is 289 g/mol. The molecule has 112 valence electrons. The van der Waals surface area contributed by atoms with Crippen molar-refractivity contribution in [3.8, 4) is 0 Å². The van der Waals surface area contributed by atoms with Gasteiger partial charge in [0.15, 0.2) is 0 Å². The third-order valence-corrected chi connectivity index (χ3v) is 5.46. The van der Waals surface area contributed by atoms with Gasteiger partial charge < -0.3 is 15.2 Å². The van der Waals surface area contributed by atoms with Gasteiger partial charge in [0, 0.05) is 10.5 Å². The van der Waals surface area contributed by atoms with E-state index in [2.05, 4.69) is 12.2 Å². The lowest BCUT2D eigenvalue weighted by atomic mass is 9.97. The number of carbonyl (C=O) groups is 1. The quantitative estimate of drug-likeness (QED) is 0.702. The molecule has 0 amide bonds. The minimum atomic E-state index is -0.513. The van der Waals surface area contributed by atoms with Crippen molar-refractivity contribution >= 4 is 17.7 Å². The number of esters is 1. The predicted molar refractivity (Wildman–Crippen MR) is 79.4 cm³/mol. The predicted octanol–water partition coefficient (Wildman–Crippen LogP) is 1.95. The Balaban J connectivity index is 2.63. The summed E-state index contributed by atoms with van der Waals surface area (Å²) in [6.45, 7) is 6.77. The van der Waals surface area contributed by atoms with E-state index >= 15 is 0 Å². The lowest BCUT2D eigenvalue weighted by molar-refractivity contribution is -0.148. The Bertz CT molecular complexity index is 298. The Morgan fingerprint density at radius 3 is 2.79 bits per heavy atom. The molecule has 0 radical (unpaired) electrons. The zero-order valence-electron chi connectivity index (χ0n) is 12.4. The summed E-state index contributed by atoms with van der Waals surface area (Å²) >= 11 is 1.78. The lowest BCUT2D eigenvalue weighted by Crippen LogP contribution is -2.51. The highest BCUT2D eigenvalue weighted by Crippen LogP contribution is 2.40. The zero-order valence-corrected chi connectivity index (χ0v) is 13.3. The van der Waals surface area contributed by atoms with Gasteiger partial charge >= 0.3 is 5.97 Å². The highest BCUT2D eigenvalue weighted by molar-refractivity contribution is 8.00. The van der Waals surface area contributed by atoms with E-state index in [0.717, 1.165) is 32.2 Å². The number of thioether (sulfide) groups is 1. The number of hydrogen-bond acceptors (Lipinski definition) is 5. The van der Waals surface area contributed by atoms with Gasteiger partial charge in [0.2, 0.25) is 0 Å². The summed E-state index contributed by atoms with van der Waals surface area (Å²) < 4.78 is 4.98. The summed E-state index contributed by atoms with van der Waals surface area (Å²) in [4.78, 5) is 12.1. The highest BCUT2D eigenvalue weighted by atomic mass is 32.2. The van der Waals surface area contributed by atoms with Crippen LogP contribution in [0.4, 0.5) is 0 Å². The highest BCUT2D eigenvalue weighted by Gasteiger charge is 2.46. The smallest absolute Gasteiger partial charge is 0.326 e. The van der Waals surface area contributed by atoms with E-state index in [1.54, 1.807) is 11.8 Å². The second kappa shape index (κ2) is 7.50. The molecule has 1 aliphatic rings. The first-order valence-electron chi connectivity index (χ1n) is 7.12. The maximum atomic E-state index is 12.1. The van der Waals surface area contributed by atoms with E-state index < -0.39 is 5.54 Å². The molecule has 0 bridgehead atoms. The first-order chi connectivity index (χ1) is 8.95. The molecule has 0 saturated heterocycles. The third kappa shape index (κ3) is 4.36. The van der Waals surface area contributed by atoms with Crippen LogP contribution in [0.1, 0.15) is 46.5 Å². The molecule has 0 heterocycles. The molecule has 5 heteroatoms. The SMILES string of the molecule is CCCNC1(C(=O)OC)CCC(SC(C)C(C)O)C1. The molecule has 0 spiro atoms. The van der Waals surface area contributed by atoms with Crippen molar-refractivity contribution in [1.29, 1.82) is 0 Å². The largest absolute Gasteiger partial charge is 0.468 e. The summed E-state index contributed by atoms with van der Waals surface area (Å²) in [5.74, 6) is -0.145. The summed E-state index contributed by atoms with van der Waals surface area (Å²) in [5, 5.41) is 13.6. The number of methoxy groups -OCH3 is 1. The average Bonchev–Trinajstić information content (AvgIpc) is 2.79. The van der Waals surface area contributed by atoms with Gasteiger partial charge in [-0.25, -0.2) is 0 Å². The van der Waals surface area contributed by atoms with Crippen molar-refractivity contribution in [2.24, 2.45) is 0 Å². The van der Waals surface area contributed by atoms with Gasteiger partial charge in [-0.05, 0) is 39.2 Å². The lowest BCUT2D eigenvalue weighted by Gasteiger charge is -2.28. The third-order valence-electron chi connectivity index (χ3n) is 3.85. The minimum Gasteiger partial charge on any atom is -0.468 e. The fourth-order valence-electron chi connectivity index (χ4n) is 2.51. The molecule has 4 atom stereocenters. The van der Waals surface area contributed by atoms with Crippen molar-refractivity contribution in [1.82, 2.24) is 5.32 Å². The van der Waals surface area contributed by atoms with Crippen molar-refractivity contribution in [2.75, 3.05) is 13.7 Å². The first kappa shape index (κ1) is 16.8. The number of aliphatic hydroxyl groups excluding tert-OH is 1. The topological polar surface area (TPSA) is 58.6 Å². The molecular formula is C14H27NO3S. The van der Waals surface area contributed by atoms with Crippen LogP contribution in [0.25, 0.3) is 0 Å². The summed E-state index contributed by atoms with van der Waals surface area (Å²) in [6.07, 6.45) is 3.29. The average molecular weight is 289 g/mol. The van der Waals surface area contributed by atoms with Crippen LogP contribution in [0.3, 0.4) is 0 Å². The maximum absolute atomic E-state index is 12.1. The van der Waals surface area contributed by atoms with Gasteiger partial charge in [0.1, 0.15) is 5.54 Å². The second-order valence-electron chi connectivity index (χ2n) is 5.45.